The van der Waals surface area contributed by atoms with Gasteiger partial charge < -0.3 is 26.5 Å². The van der Waals surface area contributed by atoms with Gasteiger partial charge in [-0.2, -0.15) is 13.2 Å². The number of aromatic amines is 1. The van der Waals surface area contributed by atoms with E-state index in [2.05, 4.69) is 20.6 Å². The zero-order chi connectivity index (χ0) is 20.2. The minimum Gasteiger partial charge on any atom is -0.475 e. The first-order chi connectivity index (χ1) is 12.1. The lowest BCUT2D eigenvalue weighted by Crippen LogP contribution is -2.48. The molecule has 0 aromatic carbocycles. The van der Waals surface area contributed by atoms with Crippen molar-refractivity contribution in [2.75, 3.05) is 13.1 Å². The van der Waals surface area contributed by atoms with Gasteiger partial charge in [-0.3, -0.25) is 9.59 Å². The number of carbonyl (C=O) groups is 3. The predicted molar refractivity (Wildman–Crippen MR) is 84.9 cm³/mol. The van der Waals surface area contributed by atoms with Crippen molar-refractivity contribution in [2.45, 2.75) is 38.4 Å². The van der Waals surface area contributed by atoms with E-state index in [-0.39, 0.29) is 24.8 Å². The van der Waals surface area contributed by atoms with E-state index in [1.54, 1.807) is 6.20 Å². The fourth-order valence-corrected chi connectivity index (χ4v) is 1.59. The van der Waals surface area contributed by atoms with Crippen LogP contribution < -0.4 is 16.4 Å². The number of carbonyl (C=O) groups excluding carboxylic acids is 2. The molecule has 6 N–H and O–H groups in total. The van der Waals surface area contributed by atoms with Gasteiger partial charge in [-0.1, -0.05) is 6.92 Å². The molecular weight excluding hydrogens is 359 g/mol. The summed E-state index contributed by atoms with van der Waals surface area (Å²) < 4.78 is 31.7. The number of nitrogens with zero attached hydrogens (tertiary/aromatic N) is 1. The molecule has 0 radical (unpaired) electrons. The van der Waals surface area contributed by atoms with Crippen LogP contribution in [0.2, 0.25) is 0 Å². The number of rotatable bonds is 8. The predicted octanol–water partition coefficient (Wildman–Crippen LogP) is -0.0547. The topological polar surface area (TPSA) is 150 Å². The molecule has 0 aliphatic carbocycles. The van der Waals surface area contributed by atoms with Gasteiger partial charge in [-0.25, -0.2) is 9.78 Å². The first kappa shape index (κ1) is 23.4. The monoisotopic (exact) mass is 381 g/mol. The van der Waals surface area contributed by atoms with Crippen LogP contribution in [0.15, 0.2) is 12.5 Å². The highest BCUT2D eigenvalue weighted by molar-refractivity contribution is 5.87. The number of halogens is 3. The lowest BCUT2D eigenvalue weighted by Gasteiger charge is -2.17. The maximum Gasteiger partial charge on any atom is 0.490 e. The molecule has 1 aromatic heterocycles. The van der Waals surface area contributed by atoms with Crippen molar-refractivity contribution in [1.82, 2.24) is 20.6 Å². The summed E-state index contributed by atoms with van der Waals surface area (Å²) >= 11 is 0. The molecule has 0 bridgehead atoms. The van der Waals surface area contributed by atoms with Gasteiger partial charge in [0.2, 0.25) is 11.8 Å². The van der Waals surface area contributed by atoms with Gasteiger partial charge in [0, 0.05) is 37.8 Å². The Balaban J connectivity index is 0.000000758. The van der Waals surface area contributed by atoms with Crippen molar-refractivity contribution in [3.8, 4) is 0 Å². The highest BCUT2D eigenvalue weighted by atomic mass is 19.4. The van der Waals surface area contributed by atoms with E-state index in [0.29, 0.717) is 13.0 Å². The average molecular weight is 381 g/mol. The van der Waals surface area contributed by atoms with Gasteiger partial charge in [-0.05, 0) is 6.42 Å². The number of aliphatic carboxylic acids is 1. The van der Waals surface area contributed by atoms with E-state index in [9.17, 15) is 22.8 Å². The SMILES string of the molecule is CCCNC(=O)[C@H](Cc1cnc[nH]1)NC(=O)CCN.O=C(O)C(F)(F)F. The second-order valence-electron chi connectivity index (χ2n) is 5.03. The maximum absolute atomic E-state index is 12.0. The number of aromatic nitrogens is 2. The Labute approximate surface area is 147 Å². The number of hydrogen-bond donors (Lipinski definition) is 5. The van der Waals surface area contributed by atoms with E-state index < -0.39 is 18.2 Å². The lowest BCUT2D eigenvalue weighted by molar-refractivity contribution is -0.192. The molecule has 12 heteroatoms. The van der Waals surface area contributed by atoms with Gasteiger partial charge in [0.25, 0.3) is 0 Å². The Hall–Kier alpha value is -2.63. The maximum atomic E-state index is 12.0. The number of amides is 2. The normalized spacial score (nSPS) is 11.7. The van der Waals surface area contributed by atoms with Gasteiger partial charge in [0.1, 0.15) is 6.04 Å². The van der Waals surface area contributed by atoms with Gasteiger partial charge >= 0.3 is 12.1 Å². The number of imidazole rings is 1. The molecule has 1 heterocycles. The Bertz CT molecular complexity index is 563. The summed E-state index contributed by atoms with van der Waals surface area (Å²) in [4.78, 5) is 39.2. The molecule has 1 aromatic rings. The van der Waals surface area contributed by atoms with Crippen LogP contribution in [0, 0.1) is 0 Å². The van der Waals surface area contributed by atoms with Crippen molar-refractivity contribution in [3.63, 3.8) is 0 Å². The summed E-state index contributed by atoms with van der Waals surface area (Å²) in [5.41, 5.74) is 6.12. The molecule has 26 heavy (non-hydrogen) atoms. The molecule has 1 rings (SSSR count). The summed E-state index contributed by atoms with van der Waals surface area (Å²) in [6.07, 6.45) is -0.473. The van der Waals surface area contributed by atoms with Crippen molar-refractivity contribution >= 4 is 17.8 Å². The summed E-state index contributed by atoms with van der Waals surface area (Å²) in [5, 5.41) is 12.6. The third-order valence-corrected chi connectivity index (χ3v) is 2.79. The van der Waals surface area contributed by atoms with E-state index in [1.807, 2.05) is 6.92 Å². The van der Waals surface area contributed by atoms with Crippen LogP contribution in [0.4, 0.5) is 13.2 Å². The smallest absolute Gasteiger partial charge is 0.475 e. The largest absolute Gasteiger partial charge is 0.490 e. The molecule has 148 valence electrons. The van der Waals surface area contributed by atoms with Crippen LogP contribution in [0.25, 0.3) is 0 Å². The number of carboxylic acid groups (broad SMARTS) is 1. The Kier molecular flexibility index (Phi) is 10.6. The van der Waals surface area contributed by atoms with E-state index in [0.717, 1.165) is 12.1 Å². The molecule has 0 saturated carbocycles. The molecule has 0 spiro atoms. The van der Waals surface area contributed by atoms with Gasteiger partial charge in [0.15, 0.2) is 0 Å². The fraction of sp³-hybridized carbons (Fsp3) is 0.571. The number of nitrogens with two attached hydrogens (primary N) is 1. The van der Waals surface area contributed by atoms with E-state index in [1.165, 1.54) is 6.33 Å². The third kappa shape index (κ3) is 10.3. The summed E-state index contributed by atoms with van der Waals surface area (Å²) in [7, 11) is 0. The average Bonchev–Trinajstić information content (AvgIpc) is 3.05. The lowest BCUT2D eigenvalue weighted by atomic mass is 10.1. The van der Waals surface area contributed by atoms with Crippen molar-refractivity contribution in [3.05, 3.63) is 18.2 Å². The first-order valence-electron chi connectivity index (χ1n) is 7.66. The molecule has 0 aliphatic rings. The summed E-state index contributed by atoms with van der Waals surface area (Å²) in [5.74, 6) is -3.17. The molecule has 0 aliphatic heterocycles. The number of hydrogen-bond acceptors (Lipinski definition) is 5. The fourth-order valence-electron chi connectivity index (χ4n) is 1.59. The first-order valence-corrected chi connectivity index (χ1v) is 7.66. The Morgan fingerprint density at radius 3 is 2.42 bits per heavy atom. The second kappa shape index (κ2) is 11.8. The van der Waals surface area contributed by atoms with Crippen LogP contribution >= 0.6 is 0 Å². The van der Waals surface area contributed by atoms with Crippen molar-refractivity contribution in [2.24, 2.45) is 5.73 Å². The minimum atomic E-state index is -5.08. The van der Waals surface area contributed by atoms with Crippen LogP contribution in [-0.2, 0) is 20.8 Å². The molecule has 0 unspecified atom stereocenters. The highest BCUT2D eigenvalue weighted by Crippen LogP contribution is 2.13. The Morgan fingerprint density at radius 2 is 2.00 bits per heavy atom. The highest BCUT2D eigenvalue weighted by Gasteiger charge is 2.38. The second-order valence-corrected chi connectivity index (χ2v) is 5.03. The van der Waals surface area contributed by atoms with Gasteiger partial charge in [-0.15, -0.1) is 0 Å². The number of alkyl halides is 3. The van der Waals surface area contributed by atoms with Crippen LogP contribution in [-0.4, -0.2) is 58.2 Å². The molecule has 0 fully saturated rings. The van der Waals surface area contributed by atoms with Crippen LogP contribution in [0.3, 0.4) is 0 Å². The standard InChI is InChI=1S/C12H21N5O2.C2HF3O2/c1-2-5-15-12(19)10(17-11(18)3-4-13)6-9-7-14-8-16-9;3-2(4,5)1(6)7/h7-8,10H,2-6,13H2,1H3,(H,14,16)(H,15,19)(H,17,18);(H,6,7)/t10-;/m0./s1. The molecule has 2 amide bonds. The molecular formula is C14H22F3N5O4. The Morgan fingerprint density at radius 1 is 1.38 bits per heavy atom. The minimum absolute atomic E-state index is 0.193. The van der Waals surface area contributed by atoms with Crippen LogP contribution in [0.1, 0.15) is 25.5 Å². The quantitative estimate of drug-likeness (QED) is 0.426. The van der Waals surface area contributed by atoms with Gasteiger partial charge in [0.05, 0.1) is 6.33 Å². The zero-order valence-electron chi connectivity index (χ0n) is 14.1. The molecule has 1 atom stereocenters. The zero-order valence-corrected chi connectivity index (χ0v) is 14.1. The van der Waals surface area contributed by atoms with Crippen molar-refractivity contribution in [1.29, 1.82) is 0 Å². The van der Waals surface area contributed by atoms with E-state index >= 15 is 0 Å². The van der Waals surface area contributed by atoms with Crippen molar-refractivity contribution < 1.29 is 32.7 Å². The van der Waals surface area contributed by atoms with E-state index in [4.69, 9.17) is 15.6 Å². The number of nitrogens with one attached hydrogen (secondary N) is 3. The van der Waals surface area contributed by atoms with Crippen LogP contribution in [0.5, 0.6) is 0 Å². The molecule has 0 saturated heterocycles. The number of carboxylic acids is 1. The third-order valence-electron chi connectivity index (χ3n) is 2.79. The number of H-pyrrole nitrogens is 1. The summed E-state index contributed by atoms with van der Waals surface area (Å²) in [6, 6.07) is -0.606. The summed E-state index contributed by atoms with van der Waals surface area (Å²) in [6.45, 7) is 2.82. The molecule has 9 nitrogen and oxygen atoms in total.